The van der Waals surface area contributed by atoms with Crippen LogP contribution in [0, 0.1) is 3.57 Å². The van der Waals surface area contributed by atoms with E-state index in [1.807, 2.05) is 23.5 Å². The van der Waals surface area contributed by atoms with Gasteiger partial charge in [-0.05, 0) is 35.9 Å². The Morgan fingerprint density at radius 3 is 2.62 bits per heavy atom. The molecule has 0 saturated carbocycles. The van der Waals surface area contributed by atoms with E-state index in [1.165, 1.54) is 9.26 Å². The van der Waals surface area contributed by atoms with Crippen molar-refractivity contribution in [3.05, 3.63) is 15.1 Å². The summed E-state index contributed by atoms with van der Waals surface area (Å²) in [7, 11) is 0. The normalized spacial score (nSPS) is 25.9. The maximum atomic E-state index is 4.90. The van der Waals surface area contributed by atoms with Gasteiger partial charge in [-0.25, -0.2) is 9.97 Å². The zero-order valence-electron chi connectivity index (χ0n) is 13.1. The van der Waals surface area contributed by atoms with Crippen molar-refractivity contribution in [1.29, 1.82) is 0 Å². The minimum absolute atomic E-state index is 0.422. The van der Waals surface area contributed by atoms with Crippen LogP contribution in [0.1, 0.15) is 50.9 Å². The lowest BCUT2D eigenvalue weighted by Gasteiger charge is -2.30. The zero-order valence-corrected chi connectivity index (χ0v) is 16.9. The molecule has 3 atom stereocenters. The Balaban J connectivity index is 2.29. The van der Waals surface area contributed by atoms with E-state index in [1.54, 1.807) is 0 Å². The maximum absolute atomic E-state index is 4.90. The van der Waals surface area contributed by atoms with Crippen LogP contribution in [0.3, 0.4) is 0 Å². The van der Waals surface area contributed by atoms with Gasteiger partial charge in [-0.3, -0.25) is 0 Å². The standard InChI is InChI=1S/C15H24IN3S2/c1-5-7-11-13(16)15(17-6-2)19-14(18-11)12-8-20-9(3)10(4)21-12/h9-10,12H,5-8H2,1-4H3,(H,17,18,19). The van der Waals surface area contributed by atoms with Crippen molar-refractivity contribution in [1.82, 2.24) is 9.97 Å². The summed E-state index contributed by atoms with van der Waals surface area (Å²) in [6.45, 7) is 9.86. The molecule has 3 unspecified atom stereocenters. The highest BCUT2D eigenvalue weighted by molar-refractivity contribution is 14.1. The van der Waals surface area contributed by atoms with Gasteiger partial charge < -0.3 is 5.32 Å². The first kappa shape index (κ1) is 17.7. The van der Waals surface area contributed by atoms with E-state index in [0.29, 0.717) is 10.5 Å². The predicted octanol–water partition coefficient (Wildman–Crippen LogP) is 4.76. The van der Waals surface area contributed by atoms with Crippen LogP contribution >= 0.6 is 46.1 Å². The summed E-state index contributed by atoms with van der Waals surface area (Å²) in [6.07, 6.45) is 2.15. The van der Waals surface area contributed by atoms with E-state index in [0.717, 1.165) is 42.0 Å². The van der Waals surface area contributed by atoms with Gasteiger partial charge in [0.2, 0.25) is 0 Å². The molecule has 1 aliphatic rings. The maximum Gasteiger partial charge on any atom is 0.144 e. The predicted molar refractivity (Wildman–Crippen MR) is 105 cm³/mol. The average molecular weight is 437 g/mol. The zero-order chi connectivity index (χ0) is 15.4. The van der Waals surface area contributed by atoms with Gasteiger partial charge in [-0.15, -0.1) is 11.8 Å². The third-order valence-electron chi connectivity index (χ3n) is 3.61. The molecular formula is C15H24IN3S2. The lowest BCUT2D eigenvalue weighted by atomic mass is 10.2. The molecule has 2 heterocycles. The second-order valence-electron chi connectivity index (χ2n) is 5.34. The molecule has 21 heavy (non-hydrogen) atoms. The summed E-state index contributed by atoms with van der Waals surface area (Å²) in [5.74, 6) is 3.16. The summed E-state index contributed by atoms with van der Waals surface area (Å²) < 4.78 is 1.19. The molecule has 0 spiro atoms. The third kappa shape index (κ3) is 4.41. The highest BCUT2D eigenvalue weighted by Crippen LogP contribution is 2.43. The molecule has 1 N–H and O–H groups in total. The topological polar surface area (TPSA) is 37.8 Å². The number of rotatable bonds is 5. The molecule has 0 aromatic carbocycles. The second-order valence-corrected chi connectivity index (χ2v) is 9.41. The van der Waals surface area contributed by atoms with Crippen LogP contribution in [-0.4, -0.2) is 32.8 Å². The largest absolute Gasteiger partial charge is 0.369 e. The molecule has 1 fully saturated rings. The molecule has 6 heteroatoms. The summed E-state index contributed by atoms with van der Waals surface area (Å²) in [5, 5.41) is 5.20. The van der Waals surface area contributed by atoms with Crippen LogP contribution in [0.4, 0.5) is 5.82 Å². The third-order valence-corrected chi connectivity index (χ3v) is 8.13. The summed E-state index contributed by atoms with van der Waals surface area (Å²) >= 11 is 6.46. The highest BCUT2D eigenvalue weighted by atomic mass is 127. The van der Waals surface area contributed by atoms with Gasteiger partial charge in [0.15, 0.2) is 0 Å². The van der Waals surface area contributed by atoms with Crippen LogP contribution in [0.5, 0.6) is 0 Å². The first-order chi connectivity index (χ1) is 10.1. The van der Waals surface area contributed by atoms with E-state index in [2.05, 4.69) is 55.6 Å². The SMILES string of the molecule is CCCc1nc(C2CSC(C)C(C)S2)nc(NCC)c1I. The van der Waals surface area contributed by atoms with E-state index < -0.39 is 0 Å². The molecule has 1 aromatic rings. The average Bonchev–Trinajstić information content (AvgIpc) is 2.46. The summed E-state index contributed by atoms with van der Waals surface area (Å²) in [5.41, 5.74) is 1.20. The van der Waals surface area contributed by atoms with Crippen molar-refractivity contribution in [2.24, 2.45) is 0 Å². The van der Waals surface area contributed by atoms with E-state index >= 15 is 0 Å². The van der Waals surface area contributed by atoms with Gasteiger partial charge in [-0.1, -0.05) is 27.2 Å². The molecule has 1 saturated heterocycles. The smallest absolute Gasteiger partial charge is 0.144 e. The Bertz CT molecular complexity index is 457. The van der Waals surface area contributed by atoms with E-state index in [-0.39, 0.29) is 0 Å². The Morgan fingerprint density at radius 1 is 1.24 bits per heavy atom. The molecule has 118 valence electrons. The fraction of sp³-hybridized carbons (Fsp3) is 0.733. The molecule has 2 rings (SSSR count). The van der Waals surface area contributed by atoms with Crippen molar-refractivity contribution in [3.8, 4) is 0 Å². The number of aryl methyl sites for hydroxylation is 1. The van der Waals surface area contributed by atoms with Gasteiger partial charge in [0.1, 0.15) is 11.6 Å². The van der Waals surface area contributed by atoms with Crippen molar-refractivity contribution < 1.29 is 0 Å². The van der Waals surface area contributed by atoms with Crippen LogP contribution in [0.2, 0.25) is 0 Å². The van der Waals surface area contributed by atoms with Gasteiger partial charge in [0.25, 0.3) is 0 Å². The van der Waals surface area contributed by atoms with Gasteiger partial charge in [0, 0.05) is 22.8 Å². The first-order valence-electron chi connectivity index (χ1n) is 7.64. The molecule has 0 amide bonds. The van der Waals surface area contributed by atoms with Gasteiger partial charge >= 0.3 is 0 Å². The minimum atomic E-state index is 0.422. The Kier molecular flexibility index (Phi) is 6.93. The second kappa shape index (κ2) is 8.24. The molecule has 0 aliphatic carbocycles. The van der Waals surface area contributed by atoms with Gasteiger partial charge in [0.05, 0.1) is 14.5 Å². The fourth-order valence-electron chi connectivity index (χ4n) is 2.26. The Labute approximate surface area is 150 Å². The molecule has 0 bridgehead atoms. The van der Waals surface area contributed by atoms with E-state index in [4.69, 9.17) is 9.97 Å². The van der Waals surface area contributed by atoms with Crippen LogP contribution < -0.4 is 5.32 Å². The number of hydrogen-bond donors (Lipinski definition) is 1. The quantitative estimate of drug-likeness (QED) is 0.673. The van der Waals surface area contributed by atoms with Crippen molar-refractivity contribution in [3.63, 3.8) is 0 Å². The number of halogens is 1. The molecule has 3 nitrogen and oxygen atoms in total. The number of hydrogen-bond acceptors (Lipinski definition) is 5. The molecular weight excluding hydrogens is 413 g/mol. The number of thioether (sulfide) groups is 2. The Hall–Kier alpha value is 0.310. The summed E-state index contributed by atoms with van der Waals surface area (Å²) in [4.78, 5) is 9.72. The number of anilines is 1. The van der Waals surface area contributed by atoms with Crippen LogP contribution in [0.25, 0.3) is 0 Å². The molecule has 1 aromatic heterocycles. The van der Waals surface area contributed by atoms with Crippen molar-refractivity contribution >= 4 is 51.9 Å². The van der Waals surface area contributed by atoms with Crippen molar-refractivity contribution in [2.45, 2.75) is 56.3 Å². The monoisotopic (exact) mass is 437 g/mol. The van der Waals surface area contributed by atoms with Gasteiger partial charge in [-0.2, -0.15) is 11.8 Å². The summed E-state index contributed by atoms with van der Waals surface area (Å²) in [6, 6.07) is 0. The highest BCUT2D eigenvalue weighted by Gasteiger charge is 2.29. The fourth-order valence-corrected chi connectivity index (χ4v) is 5.81. The van der Waals surface area contributed by atoms with Crippen LogP contribution in [0.15, 0.2) is 0 Å². The molecule has 1 aliphatic heterocycles. The number of nitrogens with zero attached hydrogens (tertiary/aromatic N) is 2. The lowest BCUT2D eigenvalue weighted by molar-refractivity contribution is 0.809. The number of nitrogens with one attached hydrogen (secondary N) is 1. The molecule has 0 radical (unpaired) electrons. The first-order valence-corrected chi connectivity index (χ1v) is 10.7. The Morgan fingerprint density at radius 2 is 2.00 bits per heavy atom. The van der Waals surface area contributed by atoms with Crippen molar-refractivity contribution in [2.75, 3.05) is 17.6 Å². The van der Waals surface area contributed by atoms with Crippen LogP contribution in [-0.2, 0) is 6.42 Å². The lowest BCUT2D eigenvalue weighted by Crippen LogP contribution is -2.23. The minimum Gasteiger partial charge on any atom is -0.369 e. The number of aromatic nitrogens is 2. The van der Waals surface area contributed by atoms with E-state index in [9.17, 15) is 0 Å².